The molecule has 0 radical (unpaired) electrons. The van der Waals surface area contributed by atoms with E-state index in [0.717, 1.165) is 11.1 Å². The molecule has 8 heteroatoms. The highest BCUT2D eigenvalue weighted by molar-refractivity contribution is 6.46. The minimum absolute atomic E-state index is 0.0248. The number of methoxy groups -OCH3 is 2. The van der Waals surface area contributed by atoms with E-state index < -0.39 is 17.7 Å². The molecule has 1 heterocycles. The summed E-state index contributed by atoms with van der Waals surface area (Å²) in [5, 5.41) is 11.4. The number of aliphatic hydroxyl groups is 1. The molecule has 0 spiro atoms. The Balaban J connectivity index is 1.81. The number of carbonyl (C=O) groups excluding carboxylic acids is 2. The normalized spacial score (nSPS) is 16.6. The van der Waals surface area contributed by atoms with Gasteiger partial charge in [0.25, 0.3) is 11.7 Å². The van der Waals surface area contributed by atoms with Crippen molar-refractivity contribution < 1.29 is 33.3 Å². The second-order valence-electron chi connectivity index (χ2n) is 9.63. The number of benzene rings is 3. The van der Waals surface area contributed by atoms with Crippen molar-refractivity contribution in [2.24, 2.45) is 0 Å². The van der Waals surface area contributed by atoms with Crippen molar-refractivity contribution >= 4 is 17.4 Å². The Hall–Kier alpha value is -4.33. The van der Waals surface area contributed by atoms with Crippen molar-refractivity contribution in [2.75, 3.05) is 20.8 Å². The highest BCUT2D eigenvalue weighted by Gasteiger charge is 2.46. The molecule has 0 aromatic heterocycles. The Bertz CT molecular complexity index is 1410. The van der Waals surface area contributed by atoms with E-state index in [-0.39, 0.29) is 29.8 Å². The summed E-state index contributed by atoms with van der Waals surface area (Å²) in [5.41, 5.74) is 2.53. The van der Waals surface area contributed by atoms with Crippen molar-refractivity contribution in [3.05, 3.63) is 94.3 Å². The first-order valence-electron chi connectivity index (χ1n) is 12.7. The number of Topliss-reactive ketones (excluding diaryl/α,β-unsaturated/α-hetero) is 1. The van der Waals surface area contributed by atoms with E-state index in [1.54, 1.807) is 48.5 Å². The van der Waals surface area contributed by atoms with Gasteiger partial charge in [0, 0.05) is 12.1 Å². The smallest absolute Gasteiger partial charge is 0.295 e. The molecule has 1 fully saturated rings. The highest BCUT2D eigenvalue weighted by Crippen LogP contribution is 2.42. The fourth-order valence-corrected chi connectivity index (χ4v) is 4.72. The number of aryl methyl sites for hydroxylation is 1. The monoisotopic (exact) mass is 533 g/mol. The molecule has 4 rings (SSSR count). The van der Waals surface area contributed by atoms with E-state index >= 15 is 0 Å². The first-order chi connectivity index (χ1) is 18.6. The summed E-state index contributed by atoms with van der Waals surface area (Å²) in [6, 6.07) is 15.4. The molecular formula is C31H32FNO6. The van der Waals surface area contributed by atoms with E-state index in [9.17, 15) is 19.1 Å². The predicted octanol–water partition coefficient (Wildman–Crippen LogP) is 5.60. The van der Waals surface area contributed by atoms with Crippen molar-refractivity contribution in [1.29, 1.82) is 0 Å². The van der Waals surface area contributed by atoms with Crippen LogP contribution in [0.4, 0.5) is 4.39 Å². The molecule has 1 aliphatic rings. The zero-order valence-corrected chi connectivity index (χ0v) is 22.7. The molecule has 1 aliphatic heterocycles. The summed E-state index contributed by atoms with van der Waals surface area (Å²) in [4.78, 5) is 28.2. The topological polar surface area (TPSA) is 85.3 Å². The van der Waals surface area contributed by atoms with Gasteiger partial charge < -0.3 is 24.2 Å². The van der Waals surface area contributed by atoms with Gasteiger partial charge in [-0.2, -0.15) is 0 Å². The molecule has 39 heavy (non-hydrogen) atoms. The average Bonchev–Trinajstić information content (AvgIpc) is 3.17. The van der Waals surface area contributed by atoms with Crippen molar-refractivity contribution in [3.8, 4) is 17.2 Å². The van der Waals surface area contributed by atoms with E-state index in [1.807, 2.05) is 20.8 Å². The Morgan fingerprint density at radius 3 is 2.23 bits per heavy atom. The average molecular weight is 534 g/mol. The van der Waals surface area contributed by atoms with Gasteiger partial charge in [-0.25, -0.2) is 4.39 Å². The third-order valence-electron chi connectivity index (χ3n) is 6.63. The minimum Gasteiger partial charge on any atom is -0.507 e. The largest absolute Gasteiger partial charge is 0.507 e. The zero-order chi connectivity index (χ0) is 28.3. The summed E-state index contributed by atoms with van der Waals surface area (Å²) in [5.74, 6) is -0.577. The fraction of sp³-hybridized carbons (Fsp3) is 0.290. The van der Waals surface area contributed by atoms with E-state index in [1.165, 1.54) is 31.3 Å². The summed E-state index contributed by atoms with van der Waals surface area (Å²) < 4.78 is 30.0. The lowest BCUT2D eigenvalue weighted by Gasteiger charge is -2.26. The molecular weight excluding hydrogens is 501 g/mol. The Morgan fingerprint density at radius 1 is 0.949 bits per heavy atom. The molecule has 0 bridgehead atoms. The molecule has 1 saturated heterocycles. The molecule has 1 atom stereocenters. The molecule has 3 aromatic rings. The fourth-order valence-electron chi connectivity index (χ4n) is 4.72. The third-order valence-corrected chi connectivity index (χ3v) is 6.63. The predicted molar refractivity (Wildman–Crippen MR) is 146 cm³/mol. The number of ketones is 1. The summed E-state index contributed by atoms with van der Waals surface area (Å²) >= 11 is 0. The van der Waals surface area contributed by atoms with Gasteiger partial charge in [0.15, 0.2) is 11.5 Å². The highest BCUT2D eigenvalue weighted by atomic mass is 19.1. The van der Waals surface area contributed by atoms with Crippen LogP contribution in [0.1, 0.15) is 42.1 Å². The number of carbonyl (C=O) groups is 2. The third kappa shape index (κ3) is 5.74. The quantitative estimate of drug-likeness (QED) is 0.219. The number of halogens is 1. The number of hydrogen-bond acceptors (Lipinski definition) is 6. The maximum absolute atomic E-state index is 13.4. The van der Waals surface area contributed by atoms with Gasteiger partial charge in [0.2, 0.25) is 0 Å². The van der Waals surface area contributed by atoms with E-state index in [2.05, 4.69) is 0 Å². The van der Waals surface area contributed by atoms with Crippen molar-refractivity contribution in [1.82, 2.24) is 4.90 Å². The van der Waals surface area contributed by atoms with Gasteiger partial charge in [0.1, 0.15) is 17.3 Å². The summed E-state index contributed by atoms with van der Waals surface area (Å²) in [7, 11) is 3.01. The van der Waals surface area contributed by atoms with Crippen LogP contribution in [0.15, 0.2) is 66.2 Å². The number of likely N-dealkylation sites (tertiary alicyclic amines) is 1. The summed E-state index contributed by atoms with van der Waals surface area (Å²) in [6.45, 7) is 5.86. The lowest BCUT2D eigenvalue weighted by molar-refractivity contribution is -0.139. The van der Waals surface area contributed by atoms with Gasteiger partial charge in [-0.15, -0.1) is 0 Å². The van der Waals surface area contributed by atoms with Crippen LogP contribution in [0.2, 0.25) is 0 Å². The number of aliphatic hydroxyl groups excluding tert-OH is 1. The molecule has 1 amide bonds. The first kappa shape index (κ1) is 27.7. The van der Waals surface area contributed by atoms with Crippen molar-refractivity contribution in [2.45, 2.75) is 39.3 Å². The van der Waals surface area contributed by atoms with Crippen LogP contribution in [-0.4, -0.2) is 48.6 Å². The van der Waals surface area contributed by atoms with Gasteiger partial charge in [-0.1, -0.05) is 18.2 Å². The van der Waals surface area contributed by atoms with Crippen LogP contribution in [0.3, 0.4) is 0 Å². The van der Waals surface area contributed by atoms with Crippen molar-refractivity contribution in [3.63, 3.8) is 0 Å². The second-order valence-corrected chi connectivity index (χ2v) is 9.63. The van der Waals surface area contributed by atoms with Crippen LogP contribution >= 0.6 is 0 Å². The molecule has 1 unspecified atom stereocenters. The van der Waals surface area contributed by atoms with Gasteiger partial charge >= 0.3 is 0 Å². The summed E-state index contributed by atoms with van der Waals surface area (Å²) in [6.07, 6.45) is 0.358. The van der Waals surface area contributed by atoms with E-state index in [0.29, 0.717) is 34.8 Å². The number of nitrogens with zero attached hydrogens (tertiary/aromatic N) is 1. The number of hydrogen-bond donors (Lipinski definition) is 1. The Morgan fingerprint density at radius 2 is 1.62 bits per heavy atom. The lowest BCUT2D eigenvalue weighted by Crippen LogP contribution is -2.31. The minimum atomic E-state index is -0.878. The Kier molecular flexibility index (Phi) is 8.24. The van der Waals surface area contributed by atoms with Crippen LogP contribution in [0.5, 0.6) is 17.2 Å². The molecule has 3 aromatic carbocycles. The van der Waals surface area contributed by atoms with Gasteiger partial charge in [-0.05, 0) is 86.3 Å². The Labute approximate surface area is 227 Å². The van der Waals surface area contributed by atoms with Crippen LogP contribution in [0, 0.1) is 12.7 Å². The molecule has 204 valence electrons. The van der Waals surface area contributed by atoms with Gasteiger partial charge in [-0.3, -0.25) is 9.59 Å². The zero-order valence-electron chi connectivity index (χ0n) is 22.7. The van der Waals surface area contributed by atoms with Gasteiger partial charge in [0.05, 0.1) is 31.9 Å². The first-order valence-corrected chi connectivity index (χ1v) is 12.7. The molecule has 7 nitrogen and oxygen atoms in total. The van der Waals surface area contributed by atoms with E-state index in [4.69, 9.17) is 14.2 Å². The number of rotatable bonds is 9. The molecule has 1 N–H and O–H groups in total. The molecule has 0 aliphatic carbocycles. The second kappa shape index (κ2) is 11.6. The lowest BCUT2D eigenvalue weighted by atomic mass is 9.94. The number of amides is 1. The molecule has 0 saturated carbocycles. The maximum Gasteiger partial charge on any atom is 0.295 e. The standard InChI is InChI=1S/C31H32FNO6/c1-18(2)39-24-12-9-22(16-19(24)3)29(34)27-28(21-8-13-25(37-4)26(17-21)38-5)33(31(36)30(27)35)15-14-20-6-10-23(32)11-7-20/h6-13,16-18,28,34H,14-15H2,1-5H3/b29-27-. The van der Waals surface area contributed by atoms with Crippen LogP contribution in [0.25, 0.3) is 5.76 Å². The SMILES string of the molecule is COc1ccc(C2/C(=C(/O)c3ccc(OC(C)C)c(C)c3)C(=O)C(=O)N2CCc2ccc(F)cc2)cc1OC. The van der Waals surface area contributed by atoms with Crippen LogP contribution in [-0.2, 0) is 16.0 Å². The number of ether oxygens (including phenoxy) is 3. The van der Waals surface area contributed by atoms with Crippen LogP contribution < -0.4 is 14.2 Å². The maximum atomic E-state index is 13.4.